The van der Waals surface area contributed by atoms with Crippen LogP contribution in [0.1, 0.15) is 85.5 Å². The van der Waals surface area contributed by atoms with E-state index in [2.05, 4.69) is 27.4 Å². The average molecular weight is 349 g/mol. The van der Waals surface area contributed by atoms with Crippen LogP contribution in [0.2, 0.25) is 0 Å². The van der Waals surface area contributed by atoms with Crippen molar-refractivity contribution in [2.24, 2.45) is 28.1 Å². The van der Waals surface area contributed by atoms with E-state index in [-0.39, 0.29) is 16.2 Å². The van der Waals surface area contributed by atoms with Crippen molar-refractivity contribution in [2.45, 2.75) is 91.1 Å². The Labute approximate surface area is 152 Å². The van der Waals surface area contributed by atoms with Crippen LogP contribution < -0.4 is 0 Å². The number of rotatable bonds is 2. The Morgan fingerprint density at radius 1 is 1.08 bits per heavy atom. The van der Waals surface area contributed by atoms with Gasteiger partial charge in [-0.25, -0.2) is 0 Å². The van der Waals surface area contributed by atoms with Gasteiger partial charge in [-0.1, -0.05) is 33.8 Å². The highest BCUT2D eigenvalue weighted by atomic mass is 16.4. The van der Waals surface area contributed by atoms with E-state index in [4.69, 9.17) is 0 Å². The van der Waals surface area contributed by atoms with Crippen LogP contribution in [0.4, 0.5) is 0 Å². The molecule has 3 aliphatic carbocycles. The molecule has 0 bridgehead atoms. The van der Waals surface area contributed by atoms with Crippen molar-refractivity contribution in [1.82, 2.24) is 0 Å². The van der Waals surface area contributed by atoms with Gasteiger partial charge < -0.3 is 10.2 Å². The highest BCUT2D eigenvalue weighted by molar-refractivity contribution is 5.67. The largest absolute Gasteiger partial charge is 0.481 e. The first-order valence-corrected chi connectivity index (χ1v) is 10.1. The fourth-order valence-corrected chi connectivity index (χ4v) is 7.28. The summed E-state index contributed by atoms with van der Waals surface area (Å²) in [4.78, 5) is 11.5. The van der Waals surface area contributed by atoms with Crippen molar-refractivity contribution in [3.63, 3.8) is 0 Å². The van der Waals surface area contributed by atoms with Crippen LogP contribution in [0.15, 0.2) is 12.2 Å². The van der Waals surface area contributed by atoms with Gasteiger partial charge in [-0.3, -0.25) is 4.79 Å². The lowest BCUT2D eigenvalue weighted by Crippen LogP contribution is -2.55. The molecule has 0 aliphatic heterocycles. The maximum absolute atomic E-state index is 11.5. The van der Waals surface area contributed by atoms with Crippen molar-refractivity contribution in [3.8, 4) is 0 Å². The Bertz CT molecular complexity index is 580. The van der Waals surface area contributed by atoms with E-state index in [1.807, 2.05) is 6.92 Å². The van der Waals surface area contributed by atoms with Crippen molar-refractivity contribution < 1.29 is 15.0 Å². The van der Waals surface area contributed by atoms with Gasteiger partial charge in [0.25, 0.3) is 0 Å². The van der Waals surface area contributed by atoms with E-state index in [0.29, 0.717) is 18.3 Å². The lowest BCUT2D eigenvalue weighted by molar-refractivity contribution is -0.156. The number of aliphatic carboxylic acids is 1. The minimum Gasteiger partial charge on any atom is -0.481 e. The first-order chi connectivity index (χ1) is 11.4. The second-order valence-electron chi connectivity index (χ2n) is 10.5. The molecule has 0 amide bonds. The van der Waals surface area contributed by atoms with E-state index >= 15 is 0 Å². The van der Waals surface area contributed by atoms with Crippen molar-refractivity contribution in [2.75, 3.05) is 0 Å². The summed E-state index contributed by atoms with van der Waals surface area (Å²) in [6.45, 7) is 13.2. The monoisotopic (exact) mass is 348 g/mol. The topological polar surface area (TPSA) is 57.5 Å². The number of hydrogen-bond donors (Lipinski definition) is 2. The molecular formula is C22H36O3. The van der Waals surface area contributed by atoms with E-state index in [1.165, 1.54) is 6.42 Å². The number of fused-ring (bicyclic) bond motifs is 3. The number of carboxylic acid groups (broad SMARTS) is 1. The third-order valence-electron chi connectivity index (χ3n) is 8.60. The van der Waals surface area contributed by atoms with Gasteiger partial charge in [-0.15, -0.1) is 0 Å². The summed E-state index contributed by atoms with van der Waals surface area (Å²) in [7, 11) is 0. The molecule has 0 radical (unpaired) electrons. The minimum atomic E-state index is -0.759. The molecule has 0 aromatic carbocycles. The molecule has 0 spiro atoms. The van der Waals surface area contributed by atoms with Crippen LogP contribution in [0.3, 0.4) is 0 Å². The third-order valence-corrected chi connectivity index (χ3v) is 8.60. The van der Waals surface area contributed by atoms with Gasteiger partial charge in [0, 0.05) is 0 Å². The quantitative estimate of drug-likeness (QED) is 0.676. The van der Waals surface area contributed by atoms with Gasteiger partial charge in [-0.2, -0.15) is 0 Å². The van der Waals surface area contributed by atoms with Crippen LogP contribution >= 0.6 is 0 Å². The molecule has 3 fully saturated rings. The standard InChI is InChI=1S/C22H36O3/c1-15-13-20(3)11-7-16-19(2,14-18(23)24)9-6-10-21(16,4)17(20)8-12-22(15,5)25/h16-17,25H,1,6-14H2,2-5H3,(H,23,24)/t16-,17-,19+,20-,21-,22?/m1/s1. The molecule has 1 unspecified atom stereocenters. The first kappa shape index (κ1) is 18.9. The summed E-state index contributed by atoms with van der Waals surface area (Å²) in [6, 6.07) is 0. The van der Waals surface area contributed by atoms with Crippen LogP contribution in [-0.2, 0) is 4.79 Å². The Morgan fingerprint density at radius 3 is 2.36 bits per heavy atom. The third kappa shape index (κ3) is 2.97. The molecule has 3 nitrogen and oxygen atoms in total. The van der Waals surface area contributed by atoms with Crippen molar-refractivity contribution in [3.05, 3.63) is 12.2 Å². The van der Waals surface area contributed by atoms with Gasteiger partial charge >= 0.3 is 5.97 Å². The van der Waals surface area contributed by atoms with Crippen LogP contribution in [0.5, 0.6) is 0 Å². The predicted octanol–water partition coefficient (Wildman–Crippen LogP) is 5.18. The molecule has 0 saturated heterocycles. The molecule has 142 valence electrons. The highest BCUT2D eigenvalue weighted by Crippen LogP contribution is 2.68. The summed E-state index contributed by atoms with van der Waals surface area (Å²) in [5.41, 5.74) is 0.501. The zero-order valence-corrected chi connectivity index (χ0v) is 16.5. The molecule has 0 aromatic rings. The van der Waals surface area contributed by atoms with Crippen LogP contribution in [-0.4, -0.2) is 21.8 Å². The molecule has 3 aliphatic rings. The smallest absolute Gasteiger partial charge is 0.303 e. The van der Waals surface area contributed by atoms with Crippen molar-refractivity contribution >= 4 is 5.97 Å². The van der Waals surface area contributed by atoms with Crippen molar-refractivity contribution in [1.29, 1.82) is 0 Å². The summed E-state index contributed by atoms with van der Waals surface area (Å²) < 4.78 is 0. The molecule has 0 aromatic heterocycles. The molecule has 0 heterocycles. The average Bonchev–Trinajstić information content (AvgIpc) is 2.53. The maximum Gasteiger partial charge on any atom is 0.303 e. The summed E-state index contributed by atoms with van der Waals surface area (Å²) in [6.07, 6.45) is 8.60. The maximum atomic E-state index is 11.5. The predicted molar refractivity (Wildman–Crippen MR) is 100 cm³/mol. The fraction of sp³-hybridized carbons (Fsp3) is 0.864. The molecule has 3 rings (SSSR count). The lowest BCUT2D eigenvalue weighted by Gasteiger charge is -2.63. The lowest BCUT2D eigenvalue weighted by atomic mass is 9.42. The van der Waals surface area contributed by atoms with Gasteiger partial charge in [0.1, 0.15) is 0 Å². The Balaban J connectivity index is 1.98. The first-order valence-electron chi connectivity index (χ1n) is 10.1. The fourth-order valence-electron chi connectivity index (χ4n) is 7.28. The van der Waals surface area contributed by atoms with Gasteiger partial charge in [0.05, 0.1) is 12.0 Å². The molecule has 3 saturated carbocycles. The van der Waals surface area contributed by atoms with Gasteiger partial charge in [0.2, 0.25) is 0 Å². The van der Waals surface area contributed by atoms with E-state index in [0.717, 1.165) is 50.5 Å². The summed E-state index contributed by atoms with van der Waals surface area (Å²) in [5, 5.41) is 20.3. The number of aliphatic hydroxyl groups is 1. The second kappa shape index (κ2) is 5.84. The number of carboxylic acids is 1. The SMILES string of the molecule is C=C1C[C@@]2(C)CC[C@@H]3[C@](C)(CC(=O)O)CCC[C@@]3(C)[C@@H]2CCC1(C)O. The zero-order valence-electron chi connectivity index (χ0n) is 16.5. The normalized spacial score (nSPS) is 50.5. The number of carbonyl (C=O) groups is 1. The second-order valence-corrected chi connectivity index (χ2v) is 10.5. The molecular weight excluding hydrogens is 312 g/mol. The van der Waals surface area contributed by atoms with Gasteiger partial charge in [0.15, 0.2) is 0 Å². The van der Waals surface area contributed by atoms with E-state index in [9.17, 15) is 15.0 Å². The Morgan fingerprint density at radius 2 is 1.72 bits per heavy atom. The minimum absolute atomic E-state index is 0.0913. The zero-order chi connectivity index (χ0) is 18.7. The van der Waals surface area contributed by atoms with Gasteiger partial charge in [-0.05, 0) is 85.5 Å². The molecule has 25 heavy (non-hydrogen) atoms. The molecule has 3 heteroatoms. The van der Waals surface area contributed by atoms with E-state index < -0.39 is 11.6 Å². The Hall–Kier alpha value is -0.830. The molecule has 2 N–H and O–H groups in total. The van der Waals surface area contributed by atoms with E-state index in [1.54, 1.807) is 0 Å². The van der Waals surface area contributed by atoms with Crippen LogP contribution in [0, 0.1) is 28.1 Å². The summed E-state index contributed by atoms with van der Waals surface area (Å²) >= 11 is 0. The number of hydrogen-bond acceptors (Lipinski definition) is 2. The molecule has 6 atom stereocenters. The highest BCUT2D eigenvalue weighted by Gasteiger charge is 2.60. The Kier molecular flexibility index (Phi) is 4.42. The summed E-state index contributed by atoms with van der Waals surface area (Å²) in [5.74, 6) is 0.356. The van der Waals surface area contributed by atoms with Crippen LogP contribution in [0.25, 0.3) is 0 Å².